The molecular weight excluding hydrogens is 363 g/mol. The first kappa shape index (κ1) is 22.4. The molecule has 0 aromatic carbocycles. The molecule has 0 radical (unpaired) electrons. The van der Waals surface area contributed by atoms with Gasteiger partial charge < -0.3 is 29.9 Å². The Morgan fingerprint density at radius 2 is 2.17 bits per heavy atom. The van der Waals surface area contributed by atoms with Crippen molar-refractivity contribution in [1.29, 1.82) is 0 Å². The molecule has 0 aliphatic carbocycles. The number of fused-ring (bicyclic) bond motifs is 1. The molecule has 120 valence electrons. The van der Waals surface area contributed by atoms with Crippen LogP contribution in [0.15, 0.2) is 12.7 Å². The van der Waals surface area contributed by atoms with E-state index < -0.39 is 32.9 Å². The standard InChI is InChI=1S/C10H13N5O6P.2Na/c11-9-8-10(13-3-12-9)15(4-14-8)7-1-5(16)6(21-7)2-20-22(17,18)19;;/h3-7H,1-2H2,(H2,11,12,13)(H2,17,18,19);;/q-1;2*+1/p-1. The number of imidazole rings is 1. The first-order chi connectivity index (χ1) is 10.3. The summed E-state index contributed by atoms with van der Waals surface area (Å²) >= 11 is 0. The Balaban J connectivity index is 0.00000144. The van der Waals surface area contributed by atoms with Crippen LogP contribution >= 0.6 is 7.82 Å². The molecule has 3 N–H and O–H groups in total. The van der Waals surface area contributed by atoms with Crippen molar-refractivity contribution in [3.8, 4) is 0 Å². The number of hydrogen-bond donors (Lipinski definition) is 2. The van der Waals surface area contributed by atoms with Crippen LogP contribution in [-0.4, -0.2) is 43.2 Å². The Hall–Kier alpha value is 0.380. The molecule has 0 saturated carbocycles. The molecule has 1 fully saturated rings. The molecule has 24 heavy (non-hydrogen) atoms. The van der Waals surface area contributed by atoms with E-state index in [9.17, 15) is 14.6 Å². The van der Waals surface area contributed by atoms with Crippen molar-refractivity contribution >= 4 is 24.8 Å². The molecule has 1 aliphatic rings. The number of phosphoric ester groups is 1. The third kappa shape index (κ3) is 4.97. The molecule has 1 saturated heterocycles. The monoisotopic (exact) mass is 375 g/mol. The predicted molar refractivity (Wildman–Crippen MR) is 67.8 cm³/mol. The van der Waals surface area contributed by atoms with Gasteiger partial charge in [0, 0.05) is 0 Å². The fraction of sp³-hybridized carbons (Fsp3) is 0.500. The fourth-order valence-corrected chi connectivity index (χ4v) is 2.60. The molecule has 0 amide bonds. The van der Waals surface area contributed by atoms with Gasteiger partial charge in [0.2, 0.25) is 0 Å². The van der Waals surface area contributed by atoms with Crippen LogP contribution in [0.5, 0.6) is 0 Å². The van der Waals surface area contributed by atoms with Crippen molar-refractivity contribution in [3.63, 3.8) is 0 Å². The number of nitrogens with zero attached hydrogens (tertiary/aromatic N) is 4. The van der Waals surface area contributed by atoms with E-state index in [0.29, 0.717) is 11.2 Å². The number of aromatic nitrogens is 4. The second kappa shape index (κ2) is 8.85. The summed E-state index contributed by atoms with van der Waals surface area (Å²) in [6, 6.07) is 0. The average Bonchev–Trinajstić information content (AvgIpc) is 3.00. The van der Waals surface area contributed by atoms with Gasteiger partial charge in [-0.05, 0) is 6.42 Å². The number of anilines is 1. The summed E-state index contributed by atoms with van der Waals surface area (Å²) in [4.78, 5) is 31.0. The fourth-order valence-electron chi connectivity index (χ4n) is 2.27. The van der Waals surface area contributed by atoms with E-state index in [4.69, 9.17) is 15.4 Å². The van der Waals surface area contributed by atoms with Crippen LogP contribution in [0.1, 0.15) is 12.6 Å². The van der Waals surface area contributed by atoms with E-state index in [-0.39, 0.29) is 71.4 Å². The summed E-state index contributed by atoms with van der Waals surface area (Å²) in [5, 5.41) is 11.9. The van der Waals surface area contributed by atoms with Gasteiger partial charge in [-0.25, -0.2) is 15.0 Å². The molecule has 0 spiro atoms. The minimum atomic E-state index is -4.90. The SMILES string of the molecule is Nc1ncnc2c1ncn2C1CC([O-])C(COP(=O)([O-])O)O1.[Na+].[Na+]. The van der Waals surface area contributed by atoms with Crippen LogP contribution in [0.2, 0.25) is 0 Å². The maximum Gasteiger partial charge on any atom is 1.00 e. The molecular formula is C10H12N5Na2O6P. The van der Waals surface area contributed by atoms with Crippen LogP contribution in [0, 0.1) is 0 Å². The Labute approximate surface area is 180 Å². The van der Waals surface area contributed by atoms with Crippen molar-refractivity contribution in [1.82, 2.24) is 19.5 Å². The minimum absolute atomic E-state index is 0. The Kier molecular flexibility index (Phi) is 8.27. The quantitative estimate of drug-likeness (QED) is 0.386. The van der Waals surface area contributed by atoms with Gasteiger partial charge in [-0.3, -0.25) is 9.13 Å². The maximum atomic E-state index is 11.9. The number of nitrogen functional groups attached to an aromatic ring is 1. The van der Waals surface area contributed by atoms with Gasteiger partial charge in [-0.15, -0.1) is 0 Å². The summed E-state index contributed by atoms with van der Waals surface area (Å²) in [5.74, 6) is 0.202. The number of ether oxygens (including phenoxy) is 1. The summed E-state index contributed by atoms with van der Waals surface area (Å²) < 4.78 is 21.8. The zero-order valence-corrected chi connectivity index (χ0v) is 18.0. The third-order valence-corrected chi connectivity index (χ3v) is 3.76. The summed E-state index contributed by atoms with van der Waals surface area (Å²) in [5.41, 5.74) is 6.46. The molecule has 3 rings (SSSR count). The minimum Gasteiger partial charge on any atom is -0.850 e. The van der Waals surface area contributed by atoms with Crippen LogP contribution in [0.25, 0.3) is 11.2 Å². The first-order valence-corrected chi connectivity index (χ1v) is 7.77. The number of hydrogen-bond acceptors (Lipinski definition) is 9. The number of rotatable bonds is 4. The smallest absolute Gasteiger partial charge is 0.850 e. The molecule has 0 bridgehead atoms. The molecule has 11 nitrogen and oxygen atoms in total. The molecule has 1 aliphatic heterocycles. The van der Waals surface area contributed by atoms with Crippen molar-refractivity contribution in [3.05, 3.63) is 12.7 Å². The number of nitrogens with two attached hydrogens (primary N) is 1. The summed E-state index contributed by atoms with van der Waals surface area (Å²) in [7, 11) is -4.90. The summed E-state index contributed by atoms with van der Waals surface area (Å²) in [6.45, 7) is -0.550. The van der Waals surface area contributed by atoms with Gasteiger partial charge in [-0.2, -0.15) is 0 Å². The van der Waals surface area contributed by atoms with Gasteiger partial charge in [0.25, 0.3) is 7.82 Å². The van der Waals surface area contributed by atoms with E-state index in [0.717, 1.165) is 0 Å². The van der Waals surface area contributed by atoms with E-state index in [1.165, 1.54) is 17.2 Å². The summed E-state index contributed by atoms with van der Waals surface area (Å²) in [6.07, 6.45) is -0.164. The van der Waals surface area contributed by atoms with Crippen molar-refractivity contribution in [2.24, 2.45) is 0 Å². The van der Waals surface area contributed by atoms with Crippen LogP contribution in [0.4, 0.5) is 5.82 Å². The van der Waals surface area contributed by atoms with E-state index in [1.807, 2.05) is 0 Å². The largest absolute Gasteiger partial charge is 1.00 e. The van der Waals surface area contributed by atoms with Crippen LogP contribution in [-0.2, 0) is 13.8 Å². The molecule has 14 heteroatoms. The van der Waals surface area contributed by atoms with E-state index in [1.54, 1.807) is 0 Å². The third-order valence-electron chi connectivity index (χ3n) is 3.28. The molecule has 2 aromatic rings. The Morgan fingerprint density at radius 1 is 1.46 bits per heavy atom. The molecule has 4 unspecified atom stereocenters. The number of phosphoric acid groups is 1. The second-order valence-corrected chi connectivity index (χ2v) is 5.95. The predicted octanol–water partition coefficient (Wildman–Crippen LogP) is -8.09. The maximum absolute atomic E-state index is 11.9. The van der Waals surface area contributed by atoms with Crippen LogP contribution in [0.3, 0.4) is 0 Å². The van der Waals surface area contributed by atoms with Gasteiger partial charge >= 0.3 is 59.1 Å². The topological polar surface area (TPSA) is 172 Å². The van der Waals surface area contributed by atoms with E-state index in [2.05, 4.69) is 19.5 Å². The zero-order valence-electron chi connectivity index (χ0n) is 13.1. The normalized spacial score (nSPS) is 25.7. The Morgan fingerprint density at radius 3 is 2.83 bits per heavy atom. The second-order valence-electron chi connectivity index (χ2n) is 4.75. The van der Waals surface area contributed by atoms with Crippen LogP contribution < -0.4 is 74.8 Å². The first-order valence-electron chi connectivity index (χ1n) is 6.28. The Bertz CT molecular complexity index is 742. The molecule has 2 aromatic heterocycles. The van der Waals surface area contributed by atoms with Gasteiger partial charge in [0.1, 0.15) is 18.1 Å². The van der Waals surface area contributed by atoms with Gasteiger partial charge in [-0.1, -0.05) is 6.10 Å². The zero-order chi connectivity index (χ0) is 15.9. The average molecular weight is 375 g/mol. The molecule has 4 atom stereocenters. The van der Waals surface area contributed by atoms with E-state index >= 15 is 0 Å². The van der Waals surface area contributed by atoms with Crippen molar-refractivity contribution in [2.75, 3.05) is 12.3 Å². The van der Waals surface area contributed by atoms with Crippen molar-refractivity contribution < 1.29 is 87.8 Å². The van der Waals surface area contributed by atoms with Gasteiger partial charge in [0.05, 0.1) is 19.0 Å². The molecule has 3 heterocycles. The van der Waals surface area contributed by atoms with Gasteiger partial charge in [0.15, 0.2) is 11.5 Å². The van der Waals surface area contributed by atoms with Crippen molar-refractivity contribution in [2.45, 2.75) is 24.9 Å².